The predicted octanol–water partition coefficient (Wildman–Crippen LogP) is 4.55. The summed E-state index contributed by atoms with van der Waals surface area (Å²) in [5, 5.41) is 15.8. The van der Waals surface area contributed by atoms with Crippen molar-refractivity contribution in [1.29, 1.82) is 0 Å². The molecule has 0 bridgehead atoms. The van der Waals surface area contributed by atoms with Crippen LogP contribution in [0, 0.1) is 0 Å². The molecule has 192 valence electrons. The first kappa shape index (κ1) is 25.1. The lowest BCUT2D eigenvalue weighted by atomic mass is 9.99. The van der Waals surface area contributed by atoms with Crippen LogP contribution in [-0.2, 0) is 22.4 Å². The second kappa shape index (κ2) is 9.08. The van der Waals surface area contributed by atoms with Crippen molar-refractivity contribution in [2.24, 2.45) is 0 Å². The molecule has 2 aromatic carbocycles. The number of alkyl halides is 3. The Morgan fingerprint density at radius 3 is 2.49 bits per heavy atom. The molecule has 0 aliphatic carbocycles. The molecule has 0 aliphatic heterocycles. The van der Waals surface area contributed by atoms with Crippen molar-refractivity contribution in [2.45, 2.75) is 17.8 Å². The molecule has 0 amide bonds. The molecule has 5 aromatic rings. The molecule has 15 heteroatoms. The van der Waals surface area contributed by atoms with Crippen LogP contribution >= 0.6 is 22.7 Å². The van der Waals surface area contributed by atoms with E-state index in [2.05, 4.69) is 20.2 Å². The summed E-state index contributed by atoms with van der Waals surface area (Å²) < 4.78 is 73.0. The van der Waals surface area contributed by atoms with Gasteiger partial charge in [-0.05, 0) is 23.3 Å². The fourth-order valence-electron chi connectivity index (χ4n) is 3.72. The third-order valence-corrected chi connectivity index (χ3v) is 8.69. The van der Waals surface area contributed by atoms with Gasteiger partial charge < -0.3 is 9.52 Å². The summed E-state index contributed by atoms with van der Waals surface area (Å²) in [5.41, 5.74) is -0.632. The summed E-state index contributed by atoms with van der Waals surface area (Å²) >= 11 is 1.63. The normalized spacial score (nSPS) is 13.3. The Morgan fingerprint density at radius 2 is 1.86 bits per heavy atom. The molecule has 0 aliphatic rings. The highest BCUT2D eigenvalue weighted by atomic mass is 32.2. The predicted molar refractivity (Wildman–Crippen MR) is 130 cm³/mol. The fraction of sp³-hybridized carbons (Fsp3) is 0.182. The zero-order valence-electron chi connectivity index (χ0n) is 18.6. The van der Waals surface area contributed by atoms with Crippen LogP contribution in [0.3, 0.4) is 0 Å². The SMILES string of the molecule is CS(=O)(=O)C(c1nnc(Cc2sc(=O)[nH]c2O)o1)c1nc2cc(C(F)(F)F)c(-c3ccccc3)cc2s1. The van der Waals surface area contributed by atoms with Crippen LogP contribution in [0.1, 0.15) is 32.5 Å². The molecule has 3 heterocycles. The Kier molecular flexibility index (Phi) is 6.16. The number of aromatic nitrogens is 4. The number of benzene rings is 2. The van der Waals surface area contributed by atoms with Gasteiger partial charge in [-0.1, -0.05) is 41.7 Å². The maximum absolute atomic E-state index is 13.9. The van der Waals surface area contributed by atoms with E-state index in [9.17, 15) is 31.5 Å². The fourth-order valence-corrected chi connectivity index (χ4v) is 6.95. The molecular weight excluding hydrogens is 553 g/mol. The van der Waals surface area contributed by atoms with E-state index in [0.29, 0.717) is 10.3 Å². The number of aromatic amines is 1. The van der Waals surface area contributed by atoms with Crippen molar-refractivity contribution in [1.82, 2.24) is 20.2 Å². The van der Waals surface area contributed by atoms with Crippen LogP contribution in [0.4, 0.5) is 13.2 Å². The third-order valence-electron chi connectivity index (χ3n) is 5.31. The lowest BCUT2D eigenvalue weighted by Gasteiger charge is -2.13. The minimum atomic E-state index is -4.67. The van der Waals surface area contributed by atoms with Crippen molar-refractivity contribution in [3.63, 3.8) is 0 Å². The van der Waals surface area contributed by atoms with E-state index in [4.69, 9.17) is 4.42 Å². The Balaban J connectivity index is 1.59. The molecule has 5 rings (SSSR count). The van der Waals surface area contributed by atoms with E-state index in [0.717, 1.165) is 35.0 Å². The van der Waals surface area contributed by atoms with Crippen molar-refractivity contribution in [2.75, 3.05) is 6.26 Å². The number of H-pyrrole nitrogens is 1. The Morgan fingerprint density at radius 1 is 1.14 bits per heavy atom. The minimum Gasteiger partial charge on any atom is -0.494 e. The number of sulfone groups is 1. The second-order valence-electron chi connectivity index (χ2n) is 7.99. The number of hydrogen-bond acceptors (Lipinski definition) is 10. The minimum absolute atomic E-state index is 0.0255. The Hall–Kier alpha value is -3.56. The number of nitrogens with one attached hydrogen (secondary N) is 1. The number of thiazole rings is 2. The quantitative estimate of drug-likeness (QED) is 0.304. The first-order valence-corrected chi connectivity index (χ1v) is 14.0. The number of fused-ring (bicyclic) bond motifs is 1. The van der Waals surface area contributed by atoms with Gasteiger partial charge in [0.15, 0.2) is 15.1 Å². The van der Waals surface area contributed by atoms with Gasteiger partial charge in [-0.15, -0.1) is 21.5 Å². The maximum Gasteiger partial charge on any atom is 0.417 e. The van der Waals surface area contributed by atoms with E-state index in [1.807, 2.05) is 0 Å². The van der Waals surface area contributed by atoms with E-state index in [1.165, 1.54) is 6.07 Å². The number of nitrogens with zero attached hydrogens (tertiary/aromatic N) is 3. The molecule has 3 aromatic heterocycles. The molecule has 37 heavy (non-hydrogen) atoms. The summed E-state index contributed by atoms with van der Waals surface area (Å²) in [4.78, 5) is 17.5. The van der Waals surface area contributed by atoms with Gasteiger partial charge in [0.2, 0.25) is 17.7 Å². The van der Waals surface area contributed by atoms with Gasteiger partial charge >= 0.3 is 11.0 Å². The highest BCUT2D eigenvalue weighted by Crippen LogP contribution is 2.42. The van der Waals surface area contributed by atoms with E-state index in [-0.39, 0.29) is 45.0 Å². The van der Waals surface area contributed by atoms with Gasteiger partial charge in [-0.3, -0.25) is 9.78 Å². The highest BCUT2D eigenvalue weighted by Gasteiger charge is 2.37. The van der Waals surface area contributed by atoms with Gasteiger partial charge in [0.25, 0.3) is 0 Å². The molecule has 0 saturated heterocycles. The van der Waals surface area contributed by atoms with Crippen LogP contribution < -0.4 is 4.87 Å². The average molecular weight is 569 g/mol. The zero-order valence-corrected chi connectivity index (χ0v) is 21.1. The van der Waals surface area contributed by atoms with Gasteiger partial charge in [0, 0.05) is 6.26 Å². The van der Waals surface area contributed by atoms with Gasteiger partial charge in [0.05, 0.1) is 27.1 Å². The summed E-state index contributed by atoms with van der Waals surface area (Å²) in [6.45, 7) is 0. The molecule has 0 fully saturated rings. The largest absolute Gasteiger partial charge is 0.494 e. The summed E-state index contributed by atoms with van der Waals surface area (Å²) in [5.74, 6) is -0.769. The van der Waals surface area contributed by atoms with Gasteiger partial charge in [0.1, 0.15) is 5.01 Å². The topological polar surface area (TPSA) is 139 Å². The summed E-state index contributed by atoms with van der Waals surface area (Å²) in [6, 6.07) is 10.3. The van der Waals surface area contributed by atoms with E-state index < -0.39 is 31.7 Å². The highest BCUT2D eigenvalue weighted by molar-refractivity contribution is 7.91. The Labute approximate surface area is 214 Å². The van der Waals surface area contributed by atoms with Crippen LogP contribution in [0.25, 0.3) is 21.3 Å². The van der Waals surface area contributed by atoms with Crippen molar-refractivity contribution >= 4 is 42.7 Å². The van der Waals surface area contributed by atoms with Crippen LogP contribution in [0.2, 0.25) is 0 Å². The average Bonchev–Trinajstić information content (AvgIpc) is 3.51. The number of rotatable bonds is 6. The first-order chi connectivity index (χ1) is 17.4. The van der Waals surface area contributed by atoms with Crippen LogP contribution in [0.5, 0.6) is 5.88 Å². The molecule has 1 atom stereocenters. The van der Waals surface area contributed by atoms with E-state index in [1.54, 1.807) is 30.3 Å². The monoisotopic (exact) mass is 568 g/mol. The first-order valence-electron chi connectivity index (χ1n) is 10.4. The molecule has 2 N–H and O–H groups in total. The zero-order chi connectivity index (χ0) is 26.5. The smallest absolute Gasteiger partial charge is 0.417 e. The summed E-state index contributed by atoms with van der Waals surface area (Å²) in [7, 11) is -3.96. The maximum atomic E-state index is 13.9. The van der Waals surface area contributed by atoms with Crippen molar-refractivity contribution in [3.8, 4) is 17.0 Å². The standard InChI is InChI=1S/C22H15F3N4O5S3/c1-37(32,33)17(19-29-28-16(34-19)9-15-18(30)27-21(31)36-15)20-26-13-8-12(22(23,24)25)11(7-14(13)35-20)10-5-3-2-4-6-10/h2-8,17,30H,9H2,1H3,(H,27,31). The molecule has 0 saturated carbocycles. The van der Waals surface area contributed by atoms with Crippen LogP contribution in [-0.4, -0.2) is 39.9 Å². The molecule has 9 nitrogen and oxygen atoms in total. The third kappa shape index (κ3) is 5.01. The van der Waals surface area contributed by atoms with Gasteiger partial charge in [-0.2, -0.15) is 13.2 Å². The van der Waals surface area contributed by atoms with E-state index >= 15 is 0 Å². The van der Waals surface area contributed by atoms with Crippen molar-refractivity contribution in [3.05, 3.63) is 79.4 Å². The molecule has 1 unspecified atom stereocenters. The lowest BCUT2D eigenvalue weighted by Crippen LogP contribution is -2.13. The number of hydrogen-bond donors (Lipinski definition) is 2. The summed E-state index contributed by atoms with van der Waals surface area (Å²) in [6.07, 6.45) is -3.88. The second-order valence-corrected chi connectivity index (χ2v) is 12.2. The van der Waals surface area contributed by atoms with Gasteiger partial charge in [-0.25, -0.2) is 13.4 Å². The van der Waals surface area contributed by atoms with Crippen LogP contribution in [0.15, 0.2) is 51.7 Å². The van der Waals surface area contributed by atoms with Crippen molar-refractivity contribution < 1.29 is 31.1 Å². The molecule has 0 spiro atoms. The lowest BCUT2D eigenvalue weighted by molar-refractivity contribution is -0.137. The number of aromatic hydroxyl groups is 1. The molecular formula is C22H15F3N4O5S3. The number of halogens is 3. The Bertz CT molecular complexity index is 1770. The molecule has 0 radical (unpaired) electrons.